The second-order valence-corrected chi connectivity index (χ2v) is 4.15. The van der Waals surface area contributed by atoms with E-state index in [1.165, 1.54) is 25.9 Å². The summed E-state index contributed by atoms with van der Waals surface area (Å²) in [5.41, 5.74) is 0. The van der Waals surface area contributed by atoms with Gasteiger partial charge in [0, 0.05) is 12.6 Å². The fourth-order valence-corrected chi connectivity index (χ4v) is 2.10. The Kier molecular flexibility index (Phi) is 4.92. The molecule has 1 rings (SSSR count). The zero-order valence-electron chi connectivity index (χ0n) is 9.37. The highest BCUT2D eigenvalue weighted by Gasteiger charge is 2.21. The third kappa shape index (κ3) is 3.28. The molecule has 80 valence electrons. The Morgan fingerprint density at radius 1 is 1.43 bits per heavy atom. The molecule has 0 spiro atoms. The third-order valence-electron chi connectivity index (χ3n) is 2.94. The van der Waals surface area contributed by atoms with Crippen LogP contribution >= 0.6 is 0 Å². The molecule has 0 aromatic rings. The van der Waals surface area contributed by atoms with E-state index in [9.17, 15) is 0 Å². The van der Waals surface area contributed by atoms with Gasteiger partial charge in [-0.1, -0.05) is 6.92 Å². The molecule has 0 bridgehead atoms. The van der Waals surface area contributed by atoms with Gasteiger partial charge in [-0.05, 0) is 39.5 Å². The molecule has 0 aromatic carbocycles. The molecule has 3 heteroatoms. The van der Waals surface area contributed by atoms with Crippen molar-refractivity contribution in [1.82, 2.24) is 9.80 Å². The van der Waals surface area contributed by atoms with Crippen LogP contribution in [0.15, 0.2) is 0 Å². The first kappa shape index (κ1) is 11.5. The fraction of sp³-hybridized carbons (Fsp3) is 0.909. The van der Waals surface area contributed by atoms with E-state index in [-0.39, 0.29) is 0 Å². The van der Waals surface area contributed by atoms with Crippen LogP contribution in [-0.2, 0) is 0 Å². The first-order valence-corrected chi connectivity index (χ1v) is 5.57. The van der Waals surface area contributed by atoms with E-state index >= 15 is 0 Å². The summed E-state index contributed by atoms with van der Waals surface area (Å²) in [5, 5.41) is 8.75. The minimum Gasteiger partial charge on any atom is -0.302 e. The van der Waals surface area contributed by atoms with Gasteiger partial charge in [-0.15, -0.1) is 0 Å². The molecule has 1 atom stereocenters. The second kappa shape index (κ2) is 6.00. The summed E-state index contributed by atoms with van der Waals surface area (Å²) in [7, 11) is 2.14. The van der Waals surface area contributed by atoms with Crippen LogP contribution in [-0.4, -0.2) is 49.1 Å². The van der Waals surface area contributed by atoms with E-state index in [1.54, 1.807) is 0 Å². The van der Waals surface area contributed by atoms with Crippen LogP contribution in [0.4, 0.5) is 0 Å². The Bertz CT molecular complexity index is 197. The zero-order chi connectivity index (χ0) is 10.4. The van der Waals surface area contributed by atoms with Crippen LogP contribution < -0.4 is 0 Å². The van der Waals surface area contributed by atoms with Crippen molar-refractivity contribution in [2.24, 2.45) is 0 Å². The van der Waals surface area contributed by atoms with Gasteiger partial charge in [0.1, 0.15) is 0 Å². The van der Waals surface area contributed by atoms with Crippen LogP contribution in [0.25, 0.3) is 0 Å². The Morgan fingerprint density at radius 2 is 2.21 bits per heavy atom. The van der Waals surface area contributed by atoms with Crippen molar-refractivity contribution in [2.75, 3.05) is 33.2 Å². The number of hydrogen-bond donors (Lipinski definition) is 0. The highest BCUT2D eigenvalue weighted by molar-refractivity contribution is 4.85. The number of hydrogen-bond acceptors (Lipinski definition) is 3. The summed E-state index contributed by atoms with van der Waals surface area (Å²) in [6, 6.07) is 2.73. The van der Waals surface area contributed by atoms with Gasteiger partial charge in [0.05, 0.1) is 12.5 Å². The number of nitriles is 1. The maximum atomic E-state index is 8.75. The molecule has 0 aromatic heterocycles. The van der Waals surface area contributed by atoms with Crippen molar-refractivity contribution >= 4 is 0 Å². The molecule has 0 saturated carbocycles. The lowest BCUT2D eigenvalue weighted by Gasteiger charge is -2.26. The average Bonchev–Trinajstić information content (AvgIpc) is 2.31. The lowest BCUT2D eigenvalue weighted by Crippen LogP contribution is -2.38. The summed E-state index contributed by atoms with van der Waals surface area (Å²) in [5.74, 6) is 0. The Hall–Kier alpha value is -0.590. The van der Waals surface area contributed by atoms with Gasteiger partial charge in [-0.2, -0.15) is 5.26 Å². The van der Waals surface area contributed by atoms with Gasteiger partial charge >= 0.3 is 0 Å². The summed E-state index contributed by atoms with van der Waals surface area (Å²) in [6.45, 7) is 6.79. The second-order valence-electron chi connectivity index (χ2n) is 4.15. The molecular weight excluding hydrogens is 174 g/mol. The van der Waals surface area contributed by atoms with E-state index in [4.69, 9.17) is 5.26 Å². The third-order valence-corrected chi connectivity index (χ3v) is 2.94. The van der Waals surface area contributed by atoms with Gasteiger partial charge in [0.25, 0.3) is 0 Å². The van der Waals surface area contributed by atoms with Crippen molar-refractivity contribution in [3.05, 3.63) is 0 Å². The topological polar surface area (TPSA) is 30.3 Å². The minimum atomic E-state index is 0.439. The van der Waals surface area contributed by atoms with Gasteiger partial charge in [-0.3, -0.25) is 0 Å². The molecule has 0 radical (unpaired) electrons. The molecule has 1 heterocycles. The Balaban J connectivity index is 2.49. The normalized spacial score (nSPS) is 25.6. The molecule has 14 heavy (non-hydrogen) atoms. The van der Waals surface area contributed by atoms with Crippen molar-refractivity contribution in [3.63, 3.8) is 0 Å². The van der Waals surface area contributed by atoms with E-state index in [0.29, 0.717) is 12.5 Å². The van der Waals surface area contributed by atoms with E-state index < -0.39 is 0 Å². The van der Waals surface area contributed by atoms with Crippen LogP contribution in [0.2, 0.25) is 0 Å². The molecular formula is C11H21N3. The minimum absolute atomic E-state index is 0.439. The van der Waals surface area contributed by atoms with E-state index in [0.717, 1.165) is 13.1 Å². The molecule has 1 aliphatic rings. The van der Waals surface area contributed by atoms with Gasteiger partial charge in [0.15, 0.2) is 0 Å². The largest absolute Gasteiger partial charge is 0.302 e. The molecule has 1 unspecified atom stereocenters. The summed E-state index contributed by atoms with van der Waals surface area (Å²) in [4.78, 5) is 4.82. The molecule has 1 saturated heterocycles. The zero-order valence-corrected chi connectivity index (χ0v) is 9.37. The van der Waals surface area contributed by atoms with Crippen molar-refractivity contribution in [2.45, 2.75) is 32.2 Å². The number of nitrogens with zero attached hydrogens (tertiary/aromatic N) is 3. The highest BCUT2D eigenvalue weighted by Crippen LogP contribution is 2.10. The number of rotatable bonds is 3. The lowest BCUT2D eigenvalue weighted by molar-refractivity contribution is 0.210. The highest BCUT2D eigenvalue weighted by atomic mass is 15.2. The molecule has 1 fully saturated rings. The molecule has 0 aliphatic carbocycles. The standard InChI is InChI=1S/C11H21N3/c1-3-7-14-9-4-8-13(2)11(10-14)5-6-12/h11H,3-5,7-10H2,1-2H3. The fourth-order valence-electron chi connectivity index (χ4n) is 2.10. The van der Waals surface area contributed by atoms with Gasteiger partial charge < -0.3 is 9.80 Å². The van der Waals surface area contributed by atoms with Crippen LogP contribution in [0.3, 0.4) is 0 Å². The Morgan fingerprint density at radius 3 is 2.86 bits per heavy atom. The number of likely N-dealkylation sites (N-methyl/N-ethyl adjacent to an activating group) is 1. The van der Waals surface area contributed by atoms with Crippen molar-refractivity contribution < 1.29 is 0 Å². The summed E-state index contributed by atoms with van der Waals surface area (Å²) in [6.07, 6.45) is 3.11. The predicted octanol–water partition coefficient (Wildman–Crippen LogP) is 1.32. The quantitative estimate of drug-likeness (QED) is 0.680. The van der Waals surface area contributed by atoms with Crippen LogP contribution in [0.5, 0.6) is 0 Å². The maximum Gasteiger partial charge on any atom is 0.0638 e. The molecule has 0 N–H and O–H groups in total. The maximum absolute atomic E-state index is 8.75. The monoisotopic (exact) mass is 195 g/mol. The smallest absolute Gasteiger partial charge is 0.0638 e. The summed E-state index contributed by atoms with van der Waals surface area (Å²) >= 11 is 0. The lowest BCUT2D eigenvalue weighted by atomic mass is 10.2. The SMILES string of the molecule is CCCN1CCCN(C)C(CC#N)C1. The predicted molar refractivity (Wildman–Crippen MR) is 58.0 cm³/mol. The van der Waals surface area contributed by atoms with E-state index in [1.807, 2.05) is 0 Å². The van der Waals surface area contributed by atoms with Crippen LogP contribution in [0.1, 0.15) is 26.2 Å². The van der Waals surface area contributed by atoms with Gasteiger partial charge in [-0.25, -0.2) is 0 Å². The van der Waals surface area contributed by atoms with Crippen molar-refractivity contribution in [1.29, 1.82) is 5.26 Å². The van der Waals surface area contributed by atoms with E-state index in [2.05, 4.69) is 29.8 Å². The first-order valence-electron chi connectivity index (χ1n) is 5.57. The van der Waals surface area contributed by atoms with Crippen molar-refractivity contribution in [3.8, 4) is 6.07 Å². The molecule has 0 amide bonds. The molecule has 1 aliphatic heterocycles. The molecule has 3 nitrogen and oxygen atoms in total. The summed E-state index contributed by atoms with van der Waals surface area (Å²) < 4.78 is 0. The average molecular weight is 195 g/mol. The van der Waals surface area contributed by atoms with Gasteiger partial charge in [0.2, 0.25) is 0 Å². The Labute approximate surface area is 87.3 Å². The first-order chi connectivity index (χ1) is 6.77. The van der Waals surface area contributed by atoms with Crippen LogP contribution in [0, 0.1) is 11.3 Å².